The molecule has 0 spiro atoms. The molecule has 76 valence electrons. The van der Waals surface area contributed by atoms with Crippen molar-refractivity contribution in [3.8, 4) is 0 Å². The summed E-state index contributed by atoms with van der Waals surface area (Å²) in [5.41, 5.74) is 5.66. The summed E-state index contributed by atoms with van der Waals surface area (Å²) in [5, 5.41) is 0. The molecule has 1 aliphatic rings. The lowest BCUT2D eigenvalue weighted by Gasteiger charge is -2.46. The number of nitrogens with zero attached hydrogens (tertiary/aromatic N) is 2. The first kappa shape index (κ1) is 10.3. The van der Waals surface area contributed by atoms with Gasteiger partial charge in [0, 0.05) is 31.7 Å². The molecule has 4 heteroatoms. The highest BCUT2D eigenvalue weighted by molar-refractivity contribution is 5.75. The quantitative estimate of drug-likeness (QED) is 0.680. The molecule has 1 fully saturated rings. The van der Waals surface area contributed by atoms with E-state index in [1.165, 1.54) is 0 Å². The maximum absolute atomic E-state index is 11.7. The van der Waals surface area contributed by atoms with Crippen LogP contribution in [0.1, 0.15) is 20.8 Å². The summed E-state index contributed by atoms with van der Waals surface area (Å²) in [6.45, 7) is 8.86. The molecule has 1 heterocycles. The fourth-order valence-corrected chi connectivity index (χ4v) is 1.66. The van der Waals surface area contributed by atoms with Crippen molar-refractivity contribution in [3.63, 3.8) is 0 Å². The average Bonchev–Trinajstić information content (AvgIpc) is 2.02. The third kappa shape index (κ3) is 2.12. The zero-order valence-electron chi connectivity index (χ0n) is 8.71. The normalized spacial score (nSPS) is 19.5. The van der Waals surface area contributed by atoms with Gasteiger partial charge in [-0.1, -0.05) is 0 Å². The molecule has 1 rings (SSSR count). The number of carbonyl (C=O) groups excluding carboxylic acids is 1. The minimum absolute atomic E-state index is 0.118. The molecule has 1 aliphatic heterocycles. The topological polar surface area (TPSA) is 49.6 Å². The van der Waals surface area contributed by atoms with Crippen LogP contribution < -0.4 is 5.73 Å². The van der Waals surface area contributed by atoms with Crippen molar-refractivity contribution >= 4 is 6.03 Å². The second-order valence-electron chi connectivity index (χ2n) is 3.96. The summed E-state index contributed by atoms with van der Waals surface area (Å²) in [6.07, 6.45) is 0. The van der Waals surface area contributed by atoms with Crippen LogP contribution in [-0.2, 0) is 0 Å². The molecule has 0 aromatic heterocycles. The Labute approximate surface area is 79.7 Å². The highest BCUT2D eigenvalue weighted by Gasteiger charge is 2.38. The number of amides is 2. The minimum atomic E-state index is -0.164. The first-order chi connectivity index (χ1) is 6.00. The van der Waals surface area contributed by atoms with Crippen molar-refractivity contribution in [3.05, 3.63) is 0 Å². The number of hydrogen-bond donors (Lipinski definition) is 1. The van der Waals surface area contributed by atoms with Crippen LogP contribution in [0.5, 0.6) is 0 Å². The van der Waals surface area contributed by atoms with Gasteiger partial charge in [0.15, 0.2) is 0 Å². The van der Waals surface area contributed by atoms with Crippen molar-refractivity contribution in [2.75, 3.05) is 26.2 Å². The summed E-state index contributed by atoms with van der Waals surface area (Å²) in [5.74, 6) is 0. The van der Waals surface area contributed by atoms with E-state index in [2.05, 4.69) is 0 Å². The van der Waals surface area contributed by atoms with E-state index in [4.69, 9.17) is 5.73 Å². The zero-order valence-corrected chi connectivity index (χ0v) is 8.71. The lowest BCUT2D eigenvalue weighted by molar-refractivity contribution is 0.0825. The van der Waals surface area contributed by atoms with Gasteiger partial charge < -0.3 is 15.5 Å². The monoisotopic (exact) mass is 185 g/mol. The summed E-state index contributed by atoms with van der Waals surface area (Å²) in [4.78, 5) is 15.3. The second kappa shape index (κ2) is 3.54. The molecule has 0 saturated carbocycles. The Hall–Kier alpha value is -0.770. The van der Waals surface area contributed by atoms with E-state index in [0.29, 0.717) is 13.1 Å². The van der Waals surface area contributed by atoms with Crippen LogP contribution in [0.15, 0.2) is 0 Å². The minimum Gasteiger partial charge on any atom is -0.325 e. The molecule has 0 radical (unpaired) electrons. The number of urea groups is 1. The van der Waals surface area contributed by atoms with E-state index < -0.39 is 0 Å². The van der Waals surface area contributed by atoms with Crippen LogP contribution in [0.3, 0.4) is 0 Å². The van der Waals surface area contributed by atoms with Crippen molar-refractivity contribution in [2.45, 2.75) is 26.3 Å². The van der Waals surface area contributed by atoms with Crippen LogP contribution in [0, 0.1) is 0 Å². The second-order valence-corrected chi connectivity index (χ2v) is 3.96. The lowest BCUT2D eigenvalue weighted by Crippen LogP contribution is -2.68. The Bertz CT molecular complexity index is 191. The van der Waals surface area contributed by atoms with Gasteiger partial charge in [0.1, 0.15) is 0 Å². The smallest absolute Gasteiger partial charge is 0.320 e. The summed E-state index contributed by atoms with van der Waals surface area (Å²) in [6, 6.07) is 0.118. The van der Waals surface area contributed by atoms with Gasteiger partial charge in [0.05, 0.1) is 0 Å². The van der Waals surface area contributed by atoms with Gasteiger partial charge in [-0.25, -0.2) is 4.79 Å². The Balaban J connectivity index is 2.42. The molecule has 0 aromatic carbocycles. The third-order valence-corrected chi connectivity index (χ3v) is 2.41. The van der Waals surface area contributed by atoms with Crippen LogP contribution >= 0.6 is 0 Å². The van der Waals surface area contributed by atoms with Crippen molar-refractivity contribution in [1.82, 2.24) is 9.80 Å². The molecule has 2 N–H and O–H groups in total. The Morgan fingerprint density at radius 3 is 2.23 bits per heavy atom. The number of rotatable bonds is 2. The van der Waals surface area contributed by atoms with E-state index in [1.807, 2.05) is 25.7 Å². The van der Waals surface area contributed by atoms with Gasteiger partial charge in [0.25, 0.3) is 0 Å². The number of likely N-dealkylation sites (tertiary alicyclic amines) is 1. The average molecular weight is 185 g/mol. The standard InChI is InChI=1S/C9H19N3O/c1-4-11(5-2)8(13)12-6-9(3,10)7-12/h4-7,10H2,1-3H3. The van der Waals surface area contributed by atoms with Gasteiger partial charge in [-0.2, -0.15) is 0 Å². The molecule has 0 bridgehead atoms. The largest absolute Gasteiger partial charge is 0.325 e. The molecule has 13 heavy (non-hydrogen) atoms. The molecular weight excluding hydrogens is 166 g/mol. The Morgan fingerprint density at radius 2 is 1.92 bits per heavy atom. The van der Waals surface area contributed by atoms with Gasteiger partial charge in [-0.15, -0.1) is 0 Å². The maximum Gasteiger partial charge on any atom is 0.320 e. The highest BCUT2D eigenvalue weighted by atomic mass is 16.2. The van der Waals surface area contributed by atoms with E-state index >= 15 is 0 Å². The summed E-state index contributed by atoms with van der Waals surface area (Å²) in [7, 11) is 0. The third-order valence-electron chi connectivity index (χ3n) is 2.41. The molecule has 2 amide bonds. The fraction of sp³-hybridized carbons (Fsp3) is 0.889. The van der Waals surface area contributed by atoms with E-state index in [0.717, 1.165) is 13.1 Å². The maximum atomic E-state index is 11.7. The molecule has 0 aliphatic carbocycles. The van der Waals surface area contributed by atoms with E-state index in [9.17, 15) is 4.79 Å². The van der Waals surface area contributed by atoms with Crippen molar-refractivity contribution in [2.24, 2.45) is 5.73 Å². The van der Waals surface area contributed by atoms with Crippen LogP contribution in [-0.4, -0.2) is 47.5 Å². The van der Waals surface area contributed by atoms with Gasteiger partial charge in [-0.05, 0) is 20.8 Å². The van der Waals surface area contributed by atoms with Gasteiger partial charge >= 0.3 is 6.03 Å². The Kier molecular flexibility index (Phi) is 2.81. The zero-order chi connectivity index (χ0) is 10.1. The molecule has 4 nitrogen and oxygen atoms in total. The fourth-order valence-electron chi connectivity index (χ4n) is 1.66. The van der Waals surface area contributed by atoms with Gasteiger partial charge in [0.2, 0.25) is 0 Å². The van der Waals surface area contributed by atoms with E-state index in [-0.39, 0.29) is 11.6 Å². The van der Waals surface area contributed by atoms with E-state index in [1.54, 1.807) is 4.90 Å². The van der Waals surface area contributed by atoms with Crippen LogP contribution in [0.2, 0.25) is 0 Å². The molecule has 1 saturated heterocycles. The van der Waals surface area contributed by atoms with Gasteiger partial charge in [-0.3, -0.25) is 0 Å². The van der Waals surface area contributed by atoms with Crippen molar-refractivity contribution < 1.29 is 4.79 Å². The molecule has 0 aromatic rings. The molecule has 0 unspecified atom stereocenters. The predicted molar refractivity (Wildman–Crippen MR) is 52.5 cm³/mol. The van der Waals surface area contributed by atoms with Crippen LogP contribution in [0.25, 0.3) is 0 Å². The SMILES string of the molecule is CCN(CC)C(=O)N1CC(C)(N)C1. The first-order valence-electron chi connectivity index (χ1n) is 4.83. The lowest BCUT2D eigenvalue weighted by atomic mass is 9.94. The first-order valence-corrected chi connectivity index (χ1v) is 4.83. The number of nitrogens with two attached hydrogens (primary N) is 1. The summed E-state index contributed by atoms with van der Waals surface area (Å²) < 4.78 is 0. The predicted octanol–water partition coefficient (Wildman–Crippen LogP) is 0.481. The van der Waals surface area contributed by atoms with Crippen molar-refractivity contribution in [1.29, 1.82) is 0 Å². The number of hydrogen-bond acceptors (Lipinski definition) is 2. The summed E-state index contributed by atoms with van der Waals surface area (Å²) >= 11 is 0. The van der Waals surface area contributed by atoms with Crippen LogP contribution in [0.4, 0.5) is 4.79 Å². The number of carbonyl (C=O) groups is 1. The molecule has 0 atom stereocenters. The Morgan fingerprint density at radius 1 is 1.46 bits per heavy atom. The molecular formula is C9H19N3O. The highest BCUT2D eigenvalue weighted by Crippen LogP contribution is 2.18.